The first-order valence-electron chi connectivity index (χ1n) is 7.61. The molecule has 0 atom stereocenters. The van der Waals surface area contributed by atoms with E-state index in [4.69, 9.17) is 0 Å². The predicted octanol–water partition coefficient (Wildman–Crippen LogP) is 7.06. The van der Waals surface area contributed by atoms with Crippen LogP contribution in [-0.4, -0.2) is 0 Å². The van der Waals surface area contributed by atoms with Crippen LogP contribution in [0.1, 0.15) is 11.1 Å². The first-order valence-corrected chi connectivity index (χ1v) is 7.61. The van der Waals surface area contributed by atoms with Crippen LogP contribution >= 0.6 is 0 Å². The maximum absolute atomic E-state index is 13.6. The summed E-state index contributed by atoms with van der Waals surface area (Å²) < 4.78 is 81.1. The summed E-state index contributed by atoms with van der Waals surface area (Å²) in [7, 11) is 0. The summed E-state index contributed by atoms with van der Waals surface area (Å²) >= 11 is 0. The van der Waals surface area contributed by atoms with Gasteiger partial charge in [-0.25, -0.2) is 0 Å². The van der Waals surface area contributed by atoms with Gasteiger partial charge in [-0.15, -0.1) is 0 Å². The maximum atomic E-state index is 13.6. The van der Waals surface area contributed by atoms with Crippen LogP contribution in [0.2, 0.25) is 0 Å². The van der Waals surface area contributed by atoms with Crippen molar-refractivity contribution in [3.05, 3.63) is 83.9 Å². The molecule has 0 fully saturated rings. The van der Waals surface area contributed by atoms with E-state index in [-0.39, 0.29) is 11.1 Å². The molecular formula is C20H12F6. The summed E-state index contributed by atoms with van der Waals surface area (Å²) in [6.45, 7) is 0. The van der Waals surface area contributed by atoms with E-state index in [1.54, 1.807) is 36.4 Å². The van der Waals surface area contributed by atoms with Crippen LogP contribution in [0.15, 0.2) is 72.8 Å². The molecule has 0 saturated heterocycles. The molecule has 0 aromatic heterocycles. The molecule has 0 N–H and O–H groups in total. The number of hydrogen-bond acceptors (Lipinski definition) is 0. The van der Waals surface area contributed by atoms with E-state index in [0.29, 0.717) is 11.6 Å². The van der Waals surface area contributed by atoms with E-state index in [9.17, 15) is 26.3 Å². The van der Waals surface area contributed by atoms with Gasteiger partial charge in [0.25, 0.3) is 0 Å². The minimum absolute atomic E-state index is 0.0723. The molecule has 0 aliphatic carbocycles. The Labute approximate surface area is 145 Å². The molecule has 0 bridgehead atoms. The lowest BCUT2D eigenvalue weighted by Gasteiger charge is -2.21. The van der Waals surface area contributed by atoms with E-state index in [2.05, 4.69) is 0 Å². The fraction of sp³-hybridized carbons (Fsp3) is 0.100. The second kappa shape index (κ2) is 6.52. The standard InChI is InChI=1S/C20H12F6/c21-19(22,23)17-12-15(13-7-3-1-4-8-13)11-16(18(17)20(24,25)26)14-9-5-2-6-10-14/h1-12H. The van der Waals surface area contributed by atoms with Crippen molar-refractivity contribution in [2.24, 2.45) is 0 Å². The molecule has 0 heterocycles. The molecular weight excluding hydrogens is 354 g/mol. The predicted molar refractivity (Wildman–Crippen MR) is 87.3 cm³/mol. The van der Waals surface area contributed by atoms with Crippen LogP contribution in [0.5, 0.6) is 0 Å². The molecule has 134 valence electrons. The molecule has 0 radical (unpaired) electrons. The SMILES string of the molecule is FC(F)(F)c1cc(-c2ccccc2)cc(-c2ccccc2)c1C(F)(F)F. The van der Waals surface area contributed by atoms with Gasteiger partial charge in [0.2, 0.25) is 0 Å². The van der Waals surface area contributed by atoms with Gasteiger partial charge in [-0.3, -0.25) is 0 Å². The number of benzene rings is 3. The summed E-state index contributed by atoms with van der Waals surface area (Å²) in [6, 6.07) is 17.0. The van der Waals surface area contributed by atoms with Crippen molar-refractivity contribution >= 4 is 0 Å². The van der Waals surface area contributed by atoms with E-state index in [1.807, 2.05) is 0 Å². The normalized spacial score (nSPS) is 12.2. The summed E-state index contributed by atoms with van der Waals surface area (Å²) in [6.07, 6.45) is -10.3. The quantitative estimate of drug-likeness (QED) is 0.426. The third-order valence-corrected chi connectivity index (χ3v) is 3.92. The van der Waals surface area contributed by atoms with Crippen molar-refractivity contribution in [3.63, 3.8) is 0 Å². The summed E-state index contributed by atoms with van der Waals surface area (Å²) in [5, 5.41) is 0. The molecule has 0 amide bonds. The van der Waals surface area contributed by atoms with Crippen molar-refractivity contribution in [2.75, 3.05) is 0 Å². The summed E-state index contributed by atoms with van der Waals surface area (Å²) in [4.78, 5) is 0. The zero-order chi connectivity index (χ0) is 18.9. The zero-order valence-electron chi connectivity index (χ0n) is 13.2. The summed E-state index contributed by atoms with van der Waals surface area (Å²) in [5.74, 6) is 0. The van der Waals surface area contributed by atoms with Gasteiger partial charge in [0, 0.05) is 0 Å². The van der Waals surface area contributed by atoms with E-state index < -0.39 is 29.0 Å². The van der Waals surface area contributed by atoms with E-state index in [1.165, 1.54) is 24.3 Å². The Bertz CT molecular complexity index is 893. The van der Waals surface area contributed by atoms with Gasteiger partial charge in [0.1, 0.15) is 0 Å². The second-order valence-electron chi connectivity index (χ2n) is 5.67. The highest BCUT2D eigenvalue weighted by molar-refractivity contribution is 5.78. The highest BCUT2D eigenvalue weighted by Gasteiger charge is 2.45. The maximum Gasteiger partial charge on any atom is 0.417 e. The Balaban J connectivity index is 2.40. The van der Waals surface area contributed by atoms with Gasteiger partial charge in [-0.1, -0.05) is 60.7 Å². The van der Waals surface area contributed by atoms with Crippen LogP contribution in [0, 0.1) is 0 Å². The Morgan fingerprint density at radius 3 is 1.46 bits per heavy atom. The molecule has 0 unspecified atom stereocenters. The highest BCUT2D eigenvalue weighted by Crippen LogP contribution is 2.47. The Kier molecular flexibility index (Phi) is 4.52. The van der Waals surface area contributed by atoms with Gasteiger partial charge < -0.3 is 0 Å². The second-order valence-corrected chi connectivity index (χ2v) is 5.67. The first-order chi connectivity index (χ1) is 12.2. The lowest BCUT2D eigenvalue weighted by atomic mass is 9.90. The molecule has 6 heteroatoms. The largest absolute Gasteiger partial charge is 0.417 e. The Morgan fingerprint density at radius 1 is 0.500 bits per heavy atom. The minimum Gasteiger partial charge on any atom is -0.166 e. The van der Waals surface area contributed by atoms with Crippen molar-refractivity contribution in [2.45, 2.75) is 12.4 Å². The minimum atomic E-state index is -5.15. The lowest BCUT2D eigenvalue weighted by molar-refractivity contribution is -0.161. The van der Waals surface area contributed by atoms with Crippen LogP contribution in [0.25, 0.3) is 22.3 Å². The average Bonchev–Trinajstić information content (AvgIpc) is 2.60. The molecule has 0 spiro atoms. The van der Waals surface area contributed by atoms with Crippen LogP contribution < -0.4 is 0 Å². The van der Waals surface area contributed by atoms with Crippen molar-refractivity contribution < 1.29 is 26.3 Å². The smallest absolute Gasteiger partial charge is 0.166 e. The number of halogens is 6. The first kappa shape index (κ1) is 18.0. The summed E-state index contributed by atoms with van der Waals surface area (Å²) in [5.41, 5.74) is -3.30. The average molecular weight is 366 g/mol. The van der Waals surface area contributed by atoms with Gasteiger partial charge >= 0.3 is 12.4 Å². The molecule has 0 saturated carbocycles. The Morgan fingerprint density at radius 2 is 1.00 bits per heavy atom. The fourth-order valence-electron chi connectivity index (χ4n) is 2.81. The molecule has 0 aliphatic heterocycles. The number of rotatable bonds is 2. The number of alkyl halides is 6. The molecule has 3 rings (SSSR count). The highest BCUT2D eigenvalue weighted by atomic mass is 19.4. The van der Waals surface area contributed by atoms with Crippen LogP contribution in [0.3, 0.4) is 0 Å². The monoisotopic (exact) mass is 366 g/mol. The molecule has 26 heavy (non-hydrogen) atoms. The molecule has 0 aliphatic rings. The fourth-order valence-corrected chi connectivity index (χ4v) is 2.81. The van der Waals surface area contributed by atoms with Gasteiger partial charge in [-0.05, 0) is 34.4 Å². The topological polar surface area (TPSA) is 0 Å². The third-order valence-electron chi connectivity index (χ3n) is 3.92. The third kappa shape index (κ3) is 3.59. The lowest BCUT2D eigenvalue weighted by Crippen LogP contribution is -2.18. The number of hydrogen-bond donors (Lipinski definition) is 0. The van der Waals surface area contributed by atoms with Crippen molar-refractivity contribution in [3.8, 4) is 22.3 Å². The van der Waals surface area contributed by atoms with E-state index >= 15 is 0 Å². The Hall–Kier alpha value is -2.76. The van der Waals surface area contributed by atoms with Crippen LogP contribution in [0.4, 0.5) is 26.3 Å². The van der Waals surface area contributed by atoms with E-state index in [0.717, 1.165) is 6.07 Å². The van der Waals surface area contributed by atoms with Gasteiger partial charge in [0.05, 0.1) is 11.1 Å². The molecule has 0 nitrogen and oxygen atoms in total. The molecule has 3 aromatic rings. The van der Waals surface area contributed by atoms with Gasteiger partial charge in [0.15, 0.2) is 0 Å². The van der Waals surface area contributed by atoms with Crippen molar-refractivity contribution in [1.82, 2.24) is 0 Å². The van der Waals surface area contributed by atoms with Gasteiger partial charge in [-0.2, -0.15) is 26.3 Å². The van der Waals surface area contributed by atoms with Crippen molar-refractivity contribution in [1.29, 1.82) is 0 Å². The zero-order valence-corrected chi connectivity index (χ0v) is 13.2. The van der Waals surface area contributed by atoms with Crippen LogP contribution in [-0.2, 0) is 12.4 Å². The molecule has 3 aromatic carbocycles.